The molecule has 2 aliphatic heterocycles. The summed E-state index contributed by atoms with van der Waals surface area (Å²) in [6, 6.07) is 24.3. The number of methoxy groups -OCH3 is 1. The molecule has 0 bridgehead atoms. The summed E-state index contributed by atoms with van der Waals surface area (Å²) >= 11 is 0. The summed E-state index contributed by atoms with van der Waals surface area (Å²) in [7, 11) is -2.09. The van der Waals surface area contributed by atoms with Crippen molar-refractivity contribution in [2.24, 2.45) is 0 Å². The number of sulfonamides is 1. The van der Waals surface area contributed by atoms with Gasteiger partial charge in [0.05, 0.1) is 24.0 Å². The summed E-state index contributed by atoms with van der Waals surface area (Å²) in [5, 5.41) is 0. The minimum atomic E-state index is -3.70. The van der Waals surface area contributed by atoms with Crippen molar-refractivity contribution in [1.29, 1.82) is 0 Å². The molecule has 1 atom stereocenters. The van der Waals surface area contributed by atoms with Crippen molar-refractivity contribution >= 4 is 15.9 Å². The highest BCUT2D eigenvalue weighted by Crippen LogP contribution is 2.50. The molecule has 0 aliphatic carbocycles. The van der Waals surface area contributed by atoms with Crippen LogP contribution in [0.2, 0.25) is 0 Å². The van der Waals surface area contributed by atoms with Gasteiger partial charge in [-0.25, -0.2) is 8.42 Å². The zero-order valence-electron chi connectivity index (χ0n) is 18.5. The van der Waals surface area contributed by atoms with Crippen LogP contribution >= 0.6 is 0 Å². The van der Waals surface area contributed by atoms with E-state index in [1.54, 1.807) is 23.5 Å². The molecule has 0 N–H and O–H groups in total. The van der Waals surface area contributed by atoms with Crippen LogP contribution in [0, 0.1) is 0 Å². The van der Waals surface area contributed by atoms with E-state index in [2.05, 4.69) is 0 Å². The van der Waals surface area contributed by atoms with Crippen LogP contribution in [0.15, 0.2) is 83.8 Å². The number of benzene rings is 3. The summed E-state index contributed by atoms with van der Waals surface area (Å²) < 4.78 is 34.1. The molecule has 5 rings (SSSR count). The molecule has 7 heteroatoms. The Morgan fingerprint density at radius 2 is 1.64 bits per heavy atom. The SMILES string of the molecule is COc1ccc(CN2[C@]3(CCN(C(=O)Cc4ccccc4)C3)c3ccccc3S2(=O)=O)cc1. The van der Waals surface area contributed by atoms with E-state index in [0.29, 0.717) is 30.8 Å². The molecule has 2 heterocycles. The fourth-order valence-corrected chi connectivity index (χ4v) is 7.05. The van der Waals surface area contributed by atoms with Crippen LogP contribution < -0.4 is 4.74 Å². The van der Waals surface area contributed by atoms with E-state index >= 15 is 0 Å². The van der Waals surface area contributed by atoms with Crippen LogP contribution in [-0.2, 0) is 33.3 Å². The number of ether oxygens (including phenoxy) is 1. The lowest BCUT2D eigenvalue weighted by molar-refractivity contribution is -0.129. The Morgan fingerprint density at radius 3 is 2.36 bits per heavy atom. The lowest BCUT2D eigenvalue weighted by atomic mass is 9.88. The summed E-state index contributed by atoms with van der Waals surface area (Å²) in [6.45, 7) is 1.11. The molecule has 1 fully saturated rings. The van der Waals surface area contributed by atoms with E-state index in [4.69, 9.17) is 4.74 Å². The number of hydrogen-bond acceptors (Lipinski definition) is 4. The zero-order chi connectivity index (χ0) is 23.1. The lowest BCUT2D eigenvalue weighted by Gasteiger charge is -2.34. The van der Waals surface area contributed by atoms with Gasteiger partial charge in [0.25, 0.3) is 0 Å². The highest BCUT2D eigenvalue weighted by atomic mass is 32.2. The zero-order valence-corrected chi connectivity index (χ0v) is 19.3. The van der Waals surface area contributed by atoms with Crippen molar-refractivity contribution in [3.8, 4) is 5.75 Å². The number of likely N-dealkylation sites (tertiary alicyclic amines) is 1. The Kier molecular flexibility index (Phi) is 5.46. The molecule has 0 unspecified atom stereocenters. The van der Waals surface area contributed by atoms with E-state index in [1.165, 1.54) is 0 Å². The third-order valence-corrected chi connectivity index (χ3v) is 8.69. The van der Waals surface area contributed by atoms with Gasteiger partial charge in [-0.3, -0.25) is 4.79 Å². The highest BCUT2D eigenvalue weighted by molar-refractivity contribution is 7.89. The van der Waals surface area contributed by atoms with E-state index in [-0.39, 0.29) is 12.5 Å². The van der Waals surface area contributed by atoms with Gasteiger partial charge < -0.3 is 9.64 Å². The van der Waals surface area contributed by atoms with Gasteiger partial charge in [0.15, 0.2) is 0 Å². The molecule has 6 nitrogen and oxygen atoms in total. The van der Waals surface area contributed by atoms with E-state index in [0.717, 1.165) is 22.4 Å². The normalized spacial score (nSPS) is 21.3. The molecule has 1 saturated heterocycles. The molecular formula is C26H26N2O4S. The number of rotatable bonds is 5. The fraction of sp³-hybridized carbons (Fsp3) is 0.269. The number of carbonyl (C=O) groups excluding carboxylic acids is 1. The van der Waals surface area contributed by atoms with Crippen LogP contribution in [0.3, 0.4) is 0 Å². The Morgan fingerprint density at radius 1 is 0.939 bits per heavy atom. The maximum atomic E-state index is 13.6. The first-order chi connectivity index (χ1) is 15.9. The molecule has 1 spiro atoms. The minimum Gasteiger partial charge on any atom is -0.497 e. The Labute approximate surface area is 194 Å². The first-order valence-corrected chi connectivity index (χ1v) is 12.4. The monoisotopic (exact) mass is 462 g/mol. The summed E-state index contributed by atoms with van der Waals surface area (Å²) in [5.41, 5.74) is 1.86. The van der Waals surface area contributed by atoms with Crippen LogP contribution in [0.5, 0.6) is 5.75 Å². The van der Waals surface area contributed by atoms with Crippen molar-refractivity contribution in [3.63, 3.8) is 0 Å². The lowest BCUT2D eigenvalue weighted by Crippen LogP contribution is -2.46. The molecule has 0 aromatic heterocycles. The van der Waals surface area contributed by atoms with E-state index in [9.17, 15) is 13.2 Å². The summed E-state index contributed by atoms with van der Waals surface area (Å²) in [4.78, 5) is 15.3. The number of amides is 1. The third kappa shape index (κ3) is 3.71. The Bertz CT molecular complexity index is 1280. The van der Waals surface area contributed by atoms with Crippen LogP contribution in [0.25, 0.3) is 0 Å². The quantitative estimate of drug-likeness (QED) is 0.582. The molecule has 2 aliphatic rings. The van der Waals surface area contributed by atoms with Gasteiger partial charge in [0.2, 0.25) is 15.9 Å². The topological polar surface area (TPSA) is 66.9 Å². The predicted octanol–water partition coefficient (Wildman–Crippen LogP) is 3.57. The molecule has 0 saturated carbocycles. The molecular weight excluding hydrogens is 436 g/mol. The van der Waals surface area contributed by atoms with Gasteiger partial charge in [-0.15, -0.1) is 0 Å². The average molecular weight is 463 g/mol. The number of nitrogens with zero attached hydrogens (tertiary/aromatic N) is 2. The fourth-order valence-electron chi connectivity index (χ4n) is 5.00. The minimum absolute atomic E-state index is 0.0178. The second-order valence-corrected chi connectivity index (χ2v) is 10.4. The maximum absolute atomic E-state index is 13.6. The molecule has 0 radical (unpaired) electrons. The smallest absolute Gasteiger partial charge is 0.244 e. The third-order valence-electron chi connectivity index (χ3n) is 6.72. The Hall–Kier alpha value is -3.16. The first-order valence-electron chi connectivity index (χ1n) is 11.0. The second kappa shape index (κ2) is 8.32. The molecule has 3 aromatic carbocycles. The summed E-state index contributed by atoms with van der Waals surface area (Å²) in [6.07, 6.45) is 0.879. The molecule has 1 amide bonds. The van der Waals surface area contributed by atoms with Gasteiger partial charge in [-0.1, -0.05) is 60.7 Å². The first kappa shape index (κ1) is 21.7. The predicted molar refractivity (Wildman–Crippen MR) is 125 cm³/mol. The second-order valence-electron chi connectivity index (χ2n) is 8.62. The van der Waals surface area contributed by atoms with Crippen molar-refractivity contribution < 1.29 is 17.9 Å². The van der Waals surface area contributed by atoms with Crippen LogP contribution in [-0.4, -0.2) is 43.7 Å². The van der Waals surface area contributed by atoms with Gasteiger partial charge in [0, 0.05) is 19.6 Å². The molecule has 33 heavy (non-hydrogen) atoms. The van der Waals surface area contributed by atoms with Crippen molar-refractivity contribution in [2.45, 2.75) is 29.8 Å². The van der Waals surface area contributed by atoms with Crippen LogP contribution in [0.4, 0.5) is 0 Å². The van der Waals surface area contributed by atoms with Gasteiger partial charge >= 0.3 is 0 Å². The standard InChI is InChI=1S/C26H26N2O4S/c1-32-22-13-11-21(12-14-22)18-28-26(23-9-5-6-10-24(23)33(28,30)31)15-16-27(19-26)25(29)17-20-7-3-2-4-8-20/h2-14H,15-19H2,1H3/t26-/m0/s1. The van der Waals surface area contributed by atoms with Gasteiger partial charge in [-0.05, 0) is 41.3 Å². The number of carbonyl (C=O) groups is 1. The maximum Gasteiger partial charge on any atom is 0.244 e. The van der Waals surface area contributed by atoms with Crippen molar-refractivity contribution in [1.82, 2.24) is 9.21 Å². The highest BCUT2D eigenvalue weighted by Gasteiger charge is 2.57. The van der Waals surface area contributed by atoms with E-state index < -0.39 is 15.6 Å². The molecule has 3 aromatic rings. The van der Waals surface area contributed by atoms with Gasteiger partial charge in [-0.2, -0.15) is 4.31 Å². The largest absolute Gasteiger partial charge is 0.497 e. The number of fused-ring (bicyclic) bond motifs is 2. The van der Waals surface area contributed by atoms with E-state index in [1.807, 2.05) is 71.6 Å². The average Bonchev–Trinajstić information content (AvgIpc) is 3.36. The Balaban J connectivity index is 1.48. The molecule has 170 valence electrons. The van der Waals surface area contributed by atoms with Gasteiger partial charge in [0.1, 0.15) is 5.75 Å². The van der Waals surface area contributed by atoms with Crippen molar-refractivity contribution in [2.75, 3.05) is 20.2 Å². The number of hydrogen-bond donors (Lipinski definition) is 0. The van der Waals surface area contributed by atoms with Crippen molar-refractivity contribution in [3.05, 3.63) is 95.6 Å². The van der Waals surface area contributed by atoms with Crippen LogP contribution in [0.1, 0.15) is 23.1 Å². The summed E-state index contributed by atoms with van der Waals surface area (Å²) in [5.74, 6) is 0.740.